The van der Waals surface area contributed by atoms with Crippen LogP contribution in [0.5, 0.6) is 5.75 Å². The highest BCUT2D eigenvalue weighted by molar-refractivity contribution is 6.37. The molecule has 2 N–H and O–H groups in total. The summed E-state index contributed by atoms with van der Waals surface area (Å²) in [6, 6.07) is 14.3. The maximum Gasteiger partial charge on any atom is 0.219 e. The number of carbonyl (C=O) groups is 1. The summed E-state index contributed by atoms with van der Waals surface area (Å²) in [5, 5.41) is 14.5. The van der Waals surface area contributed by atoms with Crippen LogP contribution in [0.15, 0.2) is 66.2 Å². The van der Waals surface area contributed by atoms with E-state index in [9.17, 15) is 9.90 Å². The maximum absolute atomic E-state index is 12.9. The second-order valence-electron chi connectivity index (χ2n) is 9.74. The summed E-state index contributed by atoms with van der Waals surface area (Å²) in [7, 11) is 3.61. The van der Waals surface area contributed by atoms with Crippen molar-refractivity contribution < 1.29 is 9.90 Å². The molecule has 7 nitrogen and oxygen atoms in total. The summed E-state index contributed by atoms with van der Waals surface area (Å²) in [5.74, 6) is 1.02. The number of aromatic nitrogens is 1. The molecule has 1 aromatic heterocycles. The second kappa shape index (κ2) is 14.3. The standard InChI is InChI=1S/C31H37Cl2N5O2/c1-7-8-16-37(21(4)18-34-5)30(35-6)23-17-25(33)29(28-24(32)13-11-15-27(28)40)36-31(23)38(19-39)26-14-10-9-12-22(26)20(2)3/h7,9-15,17,19-21,34,40H,1,8,16,18H2,2-6H3. The van der Waals surface area contributed by atoms with Crippen LogP contribution in [-0.4, -0.2) is 60.5 Å². The number of rotatable bonds is 12. The smallest absolute Gasteiger partial charge is 0.219 e. The minimum Gasteiger partial charge on any atom is -0.507 e. The summed E-state index contributed by atoms with van der Waals surface area (Å²) in [4.78, 5) is 26.2. The molecule has 1 heterocycles. The molecule has 1 amide bonds. The molecule has 212 valence electrons. The Labute approximate surface area is 247 Å². The number of nitrogens with zero attached hydrogens (tertiary/aromatic N) is 4. The quantitative estimate of drug-likeness (QED) is 0.104. The van der Waals surface area contributed by atoms with Crippen LogP contribution in [0.1, 0.15) is 44.2 Å². The van der Waals surface area contributed by atoms with E-state index >= 15 is 0 Å². The van der Waals surface area contributed by atoms with Crippen LogP contribution in [0.2, 0.25) is 10.0 Å². The topological polar surface area (TPSA) is 81.1 Å². The van der Waals surface area contributed by atoms with Gasteiger partial charge >= 0.3 is 0 Å². The van der Waals surface area contributed by atoms with Crippen LogP contribution in [0.25, 0.3) is 11.3 Å². The zero-order chi connectivity index (χ0) is 29.4. The number of aromatic hydroxyl groups is 1. The Balaban J connectivity index is 2.39. The number of phenols is 1. The van der Waals surface area contributed by atoms with Crippen molar-refractivity contribution in [1.82, 2.24) is 15.2 Å². The molecule has 0 radical (unpaired) electrons. The average Bonchev–Trinajstić information content (AvgIpc) is 2.93. The lowest BCUT2D eigenvalue weighted by atomic mass is 10.00. The molecule has 3 aromatic rings. The molecule has 0 saturated carbocycles. The SMILES string of the molecule is C=CCCN(C(=NC)c1cc(Cl)c(-c2c(O)cccc2Cl)nc1N(C=O)c1ccccc1C(C)C)C(C)CNC. The van der Waals surface area contributed by atoms with Crippen LogP contribution in [0, 0.1) is 0 Å². The van der Waals surface area contributed by atoms with Crippen LogP contribution in [0.4, 0.5) is 11.5 Å². The molecule has 0 saturated heterocycles. The van der Waals surface area contributed by atoms with E-state index in [4.69, 9.17) is 28.2 Å². The highest BCUT2D eigenvalue weighted by atomic mass is 35.5. The largest absolute Gasteiger partial charge is 0.507 e. The van der Waals surface area contributed by atoms with E-state index in [1.807, 2.05) is 37.4 Å². The fourth-order valence-electron chi connectivity index (χ4n) is 4.74. The first kappa shape index (κ1) is 31.1. The molecule has 0 fully saturated rings. The number of hydrogen-bond acceptors (Lipinski definition) is 5. The molecule has 9 heteroatoms. The van der Waals surface area contributed by atoms with Crippen LogP contribution >= 0.6 is 23.2 Å². The fraction of sp³-hybridized carbons (Fsp3) is 0.323. The van der Waals surface area contributed by atoms with E-state index in [1.54, 1.807) is 25.2 Å². The number of carbonyl (C=O) groups excluding carboxylic acids is 1. The highest BCUT2D eigenvalue weighted by Gasteiger charge is 2.28. The zero-order valence-corrected chi connectivity index (χ0v) is 25.2. The van der Waals surface area contributed by atoms with E-state index in [0.717, 1.165) is 18.4 Å². The number of amidine groups is 1. The van der Waals surface area contributed by atoms with Crippen molar-refractivity contribution in [2.75, 3.05) is 32.1 Å². The van der Waals surface area contributed by atoms with Crippen molar-refractivity contribution in [2.45, 2.75) is 39.2 Å². The van der Waals surface area contributed by atoms with Gasteiger partial charge in [0.25, 0.3) is 0 Å². The summed E-state index contributed by atoms with van der Waals surface area (Å²) >= 11 is 13.4. The van der Waals surface area contributed by atoms with Gasteiger partial charge in [0.15, 0.2) is 5.82 Å². The van der Waals surface area contributed by atoms with Gasteiger partial charge < -0.3 is 15.3 Å². The summed E-state index contributed by atoms with van der Waals surface area (Å²) in [6.07, 6.45) is 3.33. The summed E-state index contributed by atoms with van der Waals surface area (Å²) < 4.78 is 0. The number of para-hydroxylation sites is 1. The van der Waals surface area contributed by atoms with Crippen molar-refractivity contribution in [3.8, 4) is 17.0 Å². The predicted molar refractivity (Wildman–Crippen MR) is 167 cm³/mol. The number of aliphatic imine (C=N–C) groups is 1. The van der Waals surface area contributed by atoms with Gasteiger partial charge in [0.2, 0.25) is 6.41 Å². The maximum atomic E-state index is 12.9. The van der Waals surface area contributed by atoms with Gasteiger partial charge in [-0.15, -0.1) is 6.58 Å². The molecule has 0 spiro atoms. The second-order valence-corrected chi connectivity index (χ2v) is 10.6. The van der Waals surface area contributed by atoms with E-state index in [1.165, 1.54) is 11.0 Å². The number of hydrogen-bond donors (Lipinski definition) is 2. The first-order valence-corrected chi connectivity index (χ1v) is 14.0. The molecule has 3 rings (SSSR count). The first-order valence-electron chi connectivity index (χ1n) is 13.2. The van der Waals surface area contributed by atoms with Gasteiger partial charge in [-0.1, -0.05) is 67.4 Å². The van der Waals surface area contributed by atoms with Gasteiger partial charge in [-0.05, 0) is 56.1 Å². The molecule has 0 aliphatic rings. The number of phenolic OH excluding ortho intramolecular Hbond substituents is 1. The van der Waals surface area contributed by atoms with Crippen molar-refractivity contribution in [3.05, 3.63) is 82.4 Å². The molecule has 0 aliphatic carbocycles. The molecule has 1 atom stereocenters. The molecule has 40 heavy (non-hydrogen) atoms. The van der Waals surface area contributed by atoms with E-state index in [2.05, 4.69) is 42.6 Å². The Morgan fingerprint density at radius 1 is 1.15 bits per heavy atom. The van der Waals surface area contributed by atoms with Gasteiger partial charge in [0, 0.05) is 26.2 Å². The first-order chi connectivity index (χ1) is 19.2. The number of halogens is 2. The third kappa shape index (κ3) is 6.66. The summed E-state index contributed by atoms with van der Waals surface area (Å²) in [5.41, 5.74) is 2.78. The number of amides is 1. The third-order valence-corrected chi connectivity index (χ3v) is 7.27. The lowest BCUT2D eigenvalue weighted by Crippen LogP contribution is -2.45. The molecule has 1 unspecified atom stereocenters. The molecule has 0 bridgehead atoms. The normalized spacial score (nSPS) is 12.3. The zero-order valence-electron chi connectivity index (χ0n) is 23.7. The minimum atomic E-state index is -0.0690. The average molecular weight is 583 g/mol. The van der Waals surface area contributed by atoms with Crippen molar-refractivity contribution in [1.29, 1.82) is 0 Å². The predicted octanol–water partition coefficient (Wildman–Crippen LogP) is 7.04. The number of likely N-dealkylation sites (N-methyl/N-ethyl adjacent to an activating group) is 1. The van der Waals surface area contributed by atoms with Crippen molar-refractivity contribution >= 4 is 47.0 Å². The number of pyridine rings is 1. The third-order valence-electron chi connectivity index (χ3n) is 6.67. The van der Waals surface area contributed by atoms with Gasteiger partial charge in [0.05, 0.1) is 32.6 Å². The van der Waals surface area contributed by atoms with Crippen molar-refractivity contribution in [3.63, 3.8) is 0 Å². The van der Waals surface area contributed by atoms with Crippen LogP contribution in [0.3, 0.4) is 0 Å². The fourth-order valence-corrected chi connectivity index (χ4v) is 5.25. The lowest BCUT2D eigenvalue weighted by Gasteiger charge is -2.34. The van der Waals surface area contributed by atoms with Gasteiger partial charge in [-0.3, -0.25) is 14.7 Å². The molecular weight excluding hydrogens is 545 g/mol. The number of benzene rings is 2. The van der Waals surface area contributed by atoms with Crippen LogP contribution < -0.4 is 10.2 Å². The van der Waals surface area contributed by atoms with E-state index in [-0.39, 0.29) is 39.0 Å². The Bertz CT molecular complexity index is 1360. The van der Waals surface area contributed by atoms with E-state index in [0.29, 0.717) is 36.0 Å². The highest BCUT2D eigenvalue weighted by Crippen LogP contribution is 2.42. The van der Waals surface area contributed by atoms with Gasteiger partial charge in [-0.2, -0.15) is 0 Å². The number of nitrogens with one attached hydrogen (secondary N) is 1. The Kier molecular flexibility index (Phi) is 11.1. The Morgan fingerprint density at radius 3 is 2.48 bits per heavy atom. The molecule has 0 aliphatic heterocycles. The lowest BCUT2D eigenvalue weighted by molar-refractivity contribution is -0.106. The minimum absolute atomic E-state index is 0.0511. The van der Waals surface area contributed by atoms with Crippen LogP contribution in [-0.2, 0) is 4.79 Å². The van der Waals surface area contributed by atoms with E-state index < -0.39 is 0 Å². The Morgan fingerprint density at radius 2 is 1.88 bits per heavy atom. The molecular formula is C31H37Cl2N5O2. The Hall–Kier alpha value is -3.39. The number of anilines is 2. The van der Waals surface area contributed by atoms with Gasteiger partial charge in [0.1, 0.15) is 11.6 Å². The van der Waals surface area contributed by atoms with Gasteiger partial charge in [-0.25, -0.2) is 4.98 Å². The molecule has 2 aromatic carbocycles. The van der Waals surface area contributed by atoms with Crippen molar-refractivity contribution in [2.24, 2.45) is 4.99 Å². The monoisotopic (exact) mass is 581 g/mol. The summed E-state index contributed by atoms with van der Waals surface area (Å²) in [6.45, 7) is 11.5.